The number of anilines is 1. The summed E-state index contributed by atoms with van der Waals surface area (Å²) in [6.07, 6.45) is -2.48. The molecule has 0 bridgehead atoms. The Morgan fingerprint density at radius 3 is 2.50 bits per heavy atom. The van der Waals surface area contributed by atoms with Gasteiger partial charge in [0.05, 0.1) is 16.6 Å². The molecule has 1 rings (SSSR count). The number of hydrogen-bond donors (Lipinski definition) is 1. The van der Waals surface area contributed by atoms with E-state index < -0.39 is 13.0 Å². The fourth-order valence-electron chi connectivity index (χ4n) is 0.742. The van der Waals surface area contributed by atoms with E-state index >= 15 is 0 Å². The van der Waals surface area contributed by atoms with Crippen molar-refractivity contribution in [1.29, 1.82) is 0 Å². The Hall–Kier alpha value is -0.320. The second-order valence-corrected chi connectivity index (χ2v) is 3.54. The maximum Gasteiger partial charge on any atom is 0.255 e. The topological polar surface area (TPSA) is 24.9 Å². The SMILES string of the molecule is FC(F)CNc1nc(Cl)c(Cl)cc1Cl. The first-order valence-corrected chi connectivity index (χ1v) is 4.67. The molecule has 0 atom stereocenters. The monoisotopic (exact) mass is 260 g/mol. The number of pyridine rings is 1. The first kappa shape index (κ1) is 11.8. The summed E-state index contributed by atoms with van der Waals surface area (Å²) < 4.78 is 23.7. The second kappa shape index (κ2) is 4.96. The summed E-state index contributed by atoms with van der Waals surface area (Å²) in [4.78, 5) is 3.70. The van der Waals surface area contributed by atoms with Gasteiger partial charge < -0.3 is 5.32 Å². The molecule has 0 saturated carbocycles. The minimum absolute atomic E-state index is 0.0211. The summed E-state index contributed by atoms with van der Waals surface area (Å²) in [5.74, 6) is 0.0985. The van der Waals surface area contributed by atoms with E-state index in [1.165, 1.54) is 6.07 Å². The zero-order valence-electron chi connectivity index (χ0n) is 6.70. The van der Waals surface area contributed by atoms with Crippen LogP contribution < -0.4 is 5.32 Å². The molecule has 78 valence electrons. The van der Waals surface area contributed by atoms with Gasteiger partial charge in [0.15, 0.2) is 0 Å². The van der Waals surface area contributed by atoms with E-state index in [-0.39, 0.29) is 21.0 Å². The summed E-state index contributed by atoms with van der Waals surface area (Å²) in [7, 11) is 0. The van der Waals surface area contributed by atoms with Crippen molar-refractivity contribution in [2.75, 3.05) is 11.9 Å². The van der Waals surface area contributed by atoms with Gasteiger partial charge in [0.1, 0.15) is 11.0 Å². The summed E-state index contributed by atoms with van der Waals surface area (Å²) in [5, 5.41) is 2.70. The lowest BCUT2D eigenvalue weighted by Gasteiger charge is -2.07. The number of nitrogens with zero attached hydrogens (tertiary/aromatic N) is 1. The maximum atomic E-state index is 11.8. The Morgan fingerprint density at radius 2 is 1.93 bits per heavy atom. The van der Waals surface area contributed by atoms with Crippen LogP contribution in [0.15, 0.2) is 6.07 Å². The molecule has 1 N–H and O–H groups in total. The molecule has 0 aliphatic carbocycles. The largest absolute Gasteiger partial charge is 0.363 e. The smallest absolute Gasteiger partial charge is 0.255 e. The molecule has 1 heterocycles. The molecule has 0 aliphatic rings. The Morgan fingerprint density at radius 1 is 1.29 bits per heavy atom. The second-order valence-electron chi connectivity index (χ2n) is 2.36. The lowest BCUT2D eigenvalue weighted by atomic mass is 10.4. The molecule has 7 heteroatoms. The molecule has 1 aromatic rings. The molecule has 0 amide bonds. The van der Waals surface area contributed by atoms with E-state index in [1.54, 1.807) is 0 Å². The molecule has 1 aromatic heterocycles. The highest BCUT2D eigenvalue weighted by atomic mass is 35.5. The quantitative estimate of drug-likeness (QED) is 0.839. The van der Waals surface area contributed by atoms with Crippen LogP contribution in [0.25, 0.3) is 0 Å². The van der Waals surface area contributed by atoms with Gasteiger partial charge in [0.2, 0.25) is 0 Å². The van der Waals surface area contributed by atoms with Crippen LogP contribution in [0.1, 0.15) is 0 Å². The number of hydrogen-bond acceptors (Lipinski definition) is 2. The van der Waals surface area contributed by atoms with Gasteiger partial charge in [0, 0.05) is 0 Å². The van der Waals surface area contributed by atoms with E-state index in [9.17, 15) is 8.78 Å². The van der Waals surface area contributed by atoms with Crippen molar-refractivity contribution < 1.29 is 8.78 Å². The van der Waals surface area contributed by atoms with Crippen molar-refractivity contribution in [2.45, 2.75) is 6.43 Å². The van der Waals surface area contributed by atoms with E-state index in [2.05, 4.69) is 10.3 Å². The number of halogens is 5. The number of nitrogens with one attached hydrogen (secondary N) is 1. The van der Waals surface area contributed by atoms with Crippen LogP contribution >= 0.6 is 34.8 Å². The summed E-state index contributed by atoms with van der Waals surface area (Å²) in [5.41, 5.74) is 0. The van der Waals surface area contributed by atoms with Gasteiger partial charge in [0.25, 0.3) is 6.43 Å². The van der Waals surface area contributed by atoms with Crippen LogP contribution in [0.5, 0.6) is 0 Å². The number of rotatable bonds is 3. The van der Waals surface area contributed by atoms with Gasteiger partial charge in [-0.05, 0) is 6.07 Å². The van der Waals surface area contributed by atoms with Crippen molar-refractivity contribution >= 4 is 40.6 Å². The third kappa shape index (κ3) is 3.12. The Balaban J connectivity index is 2.82. The van der Waals surface area contributed by atoms with Gasteiger partial charge >= 0.3 is 0 Å². The number of alkyl halides is 2. The summed E-state index contributed by atoms with van der Waals surface area (Å²) in [6, 6.07) is 1.34. The molecule has 2 nitrogen and oxygen atoms in total. The van der Waals surface area contributed by atoms with Gasteiger partial charge in [-0.15, -0.1) is 0 Å². The standard InChI is InChI=1S/C7H5Cl3F2N2/c8-3-1-4(9)7(14-6(3)10)13-2-5(11)12/h1,5H,2H2,(H,13,14). The minimum atomic E-state index is -2.48. The number of aromatic nitrogens is 1. The fraction of sp³-hybridized carbons (Fsp3) is 0.286. The Kier molecular flexibility index (Phi) is 4.16. The predicted octanol–water partition coefficient (Wildman–Crippen LogP) is 3.72. The lowest BCUT2D eigenvalue weighted by molar-refractivity contribution is 0.163. The van der Waals surface area contributed by atoms with Crippen LogP contribution in [0.4, 0.5) is 14.6 Å². The fourth-order valence-corrected chi connectivity index (χ4v) is 1.31. The van der Waals surface area contributed by atoms with E-state index in [0.717, 1.165) is 0 Å². The van der Waals surface area contributed by atoms with Crippen LogP contribution in [-0.2, 0) is 0 Å². The molecular formula is C7H5Cl3F2N2. The molecular weight excluding hydrogens is 256 g/mol. The van der Waals surface area contributed by atoms with Crippen LogP contribution in [0, 0.1) is 0 Å². The average molecular weight is 261 g/mol. The summed E-state index contributed by atoms with van der Waals surface area (Å²) in [6.45, 7) is -0.537. The van der Waals surface area contributed by atoms with Crippen LogP contribution in [0.2, 0.25) is 15.2 Å². The molecule has 0 aromatic carbocycles. The van der Waals surface area contributed by atoms with E-state index in [1.807, 2.05) is 0 Å². The Labute approximate surface area is 94.2 Å². The molecule has 0 unspecified atom stereocenters. The van der Waals surface area contributed by atoms with Crippen molar-refractivity contribution in [3.05, 3.63) is 21.3 Å². The zero-order valence-corrected chi connectivity index (χ0v) is 8.97. The molecule has 14 heavy (non-hydrogen) atoms. The molecule has 0 radical (unpaired) electrons. The first-order chi connectivity index (χ1) is 6.50. The van der Waals surface area contributed by atoms with Crippen molar-refractivity contribution in [3.63, 3.8) is 0 Å². The van der Waals surface area contributed by atoms with E-state index in [0.29, 0.717) is 0 Å². The van der Waals surface area contributed by atoms with Gasteiger partial charge in [-0.25, -0.2) is 13.8 Å². The maximum absolute atomic E-state index is 11.8. The van der Waals surface area contributed by atoms with E-state index in [4.69, 9.17) is 34.8 Å². The zero-order chi connectivity index (χ0) is 10.7. The molecule has 0 fully saturated rings. The predicted molar refractivity (Wildman–Crippen MR) is 53.8 cm³/mol. The molecule has 0 aliphatic heterocycles. The molecule has 0 saturated heterocycles. The normalized spacial score (nSPS) is 10.7. The van der Waals surface area contributed by atoms with Gasteiger partial charge in [-0.2, -0.15) is 0 Å². The highest BCUT2D eigenvalue weighted by molar-refractivity contribution is 6.42. The van der Waals surface area contributed by atoms with Crippen LogP contribution in [0.3, 0.4) is 0 Å². The van der Waals surface area contributed by atoms with Crippen LogP contribution in [-0.4, -0.2) is 18.0 Å². The first-order valence-electron chi connectivity index (χ1n) is 3.54. The molecule has 0 spiro atoms. The highest BCUT2D eigenvalue weighted by Gasteiger charge is 2.09. The third-order valence-electron chi connectivity index (χ3n) is 1.31. The van der Waals surface area contributed by atoms with Crippen molar-refractivity contribution in [3.8, 4) is 0 Å². The van der Waals surface area contributed by atoms with Gasteiger partial charge in [-0.3, -0.25) is 0 Å². The summed E-state index contributed by atoms with van der Waals surface area (Å²) >= 11 is 16.8. The van der Waals surface area contributed by atoms with Crippen molar-refractivity contribution in [1.82, 2.24) is 4.98 Å². The minimum Gasteiger partial charge on any atom is -0.363 e. The Bertz CT molecular complexity index is 333. The highest BCUT2D eigenvalue weighted by Crippen LogP contribution is 2.28. The average Bonchev–Trinajstić information content (AvgIpc) is 2.09. The lowest BCUT2D eigenvalue weighted by Crippen LogP contribution is -2.11. The van der Waals surface area contributed by atoms with Gasteiger partial charge in [-0.1, -0.05) is 34.8 Å². The van der Waals surface area contributed by atoms with Crippen molar-refractivity contribution in [2.24, 2.45) is 0 Å². The third-order valence-corrected chi connectivity index (χ3v) is 2.27.